The van der Waals surface area contributed by atoms with E-state index in [4.69, 9.17) is 4.42 Å². The molecule has 2 aromatic carbocycles. The lowest BCUT2D eigenvalue weighted by atomic mass is 10.1. The molecule has 182 valence electrons. The zero-order chi connectivity index (χ0) is 24.7. The van der Waals surface area contributed by atoms with E-state index >= 15 is 0 Å². The maximum absolute atomic E-state index is 11.5. The molecule has 0 radical (unpaired) electrons. The highest BCUT2D eigenvalue weighted by molar-refractivity contribution is 5.95. The number of hydrogen-bond donors (Lipinski definition) is 3. The lowest BCUT2D eigenvalue weighted by Gasteiger charge is -2.26. The first-order valence-electron chi connectivity index (χ1n) is 11.7. The number of piperidine rings is 1. The molecule has 0 bridgehead atoms. The Hall–Kier alpha value is -4.73. The number of para-hydroxylation sites is 1. The molecule has 36 heavy (non-hydrogen) atoms. The number of aromatic carboxylic acids is 1. The number of nitrogens with zero attached hydrogens (tertiary/aromatic N) is 5. The predicted molar refractivity (Wildman–Crippen MR) is 138 cm³/mol. The molecule has 2 aromatic heterocycles. The SMILES string of the molecule is O=C(O)c1ccccc1-c1ccc(/C=N\Nc2nc(Nc3ccccc3)nc(N3CCCCC3)n2)o1. The molecule has 5 rings (SSSR count). The Morgan fingerprint density at radius 2 is 1.67 bits per heavy atom. The first-order valence-corrected chi connectivity index (χ1v) is 11.7. The number of carbonyl (C=O) groups is 1. The highest BCUT2D eigenvalue weighted by Gasteiger charge is 2.17. The van der Waals surface area contributed by atoms with Gasteiger partial charge in [-0.05, 0) is 49.6 Å². The van der Waals surface area contributed by atoms with Crippen LogP contribution in [0.1, 0.15) is 35.4 Å². The van der Waals surface area contributed by atoms with Crippen molar-refractivity contribution in [1.29, 1.82) is 0 Å². The maximum Gasteiger partial charge on any atom is 0.336 e. The van der Waals surface area contributed by atoms with Gasteiger partial charge in [0.1, 0.15) is 11.5 Å². The molecule has 4 aromatic rings. The Morgan fingerprint density at radius 1 is 0.917 bits per heavy atom. The summed E-state index contributed by atoms with van der Waals surface area (Å²) in [5, 5.41) is 16.9. The lowest BCUT2D eigenvalue weighted by Crippen LogP contribution is -2.31. The summed E-state index contributed by atoms with van der Waals surface area (Å²) in [6, 6.07) is 19.8. The summed E-state index contributed by atoms with van der Waals surface area (Å²) in [6.07, 6.45) is 4.88. The van der Waals surface area contributed by atoms with Crippen LogP contribution in [0.4, 0.5) is 23.5 Å². The second-order valence-electron chi connectivity index (χ2n) is 8.24. The molecule has 3 N–H and O–H groups in total. The fourth-order valence-corrected chi connectivity index (χ4v) is 3.96. The largest absolute Gasteiger partial charge is 0.478 e. The summed E-state index contributed by atoms with van der Waals surface area (Å²) in [5.41, 5.74) is 4.40. The molecule has 10 heteroatoms. The van der Waals surface area contributed by atoms with Crippen molar-refractivity contribution < 1.29 is 14.3 Å². The smallest absolute Gasteiger partial charge is 0.336 e. The number of anilines is 4. The number of nitrogens with one attached hydrogen (secondary N) is 2. The van der Waals surface area contributed by atoms with Gasteiger partial charge in [-0.2, -0.15) is 20.1 Å². The van der Waals surface area contributed by atoms with Gasteiger partial charge in [0.25, 0.3) is 0 Å². The zero-order valence-electron chi connectivity index (χ0n) is 19.5. The quantitative estimate of drug-likeness (QED) is 0.234. The number of carboxylic acids is 1. The molecule has 1 aliphatic heterocycles. The monoisotopic (exact) mass is 483 g/mol. The summed E-state index contributed by atoms with van der Waals surface area (Å²) in [5.74, 6) is 1.18. The zero-order valence-corrected chi connectivity index (χ0v) is 19.5. The molecule has 10 nitrogen and oxygen atoms in total. The molecule has 0 spiro atoms. The van der Waals surface area contributed by atoms with Crippen molar-refractivity contribution in [1.82, 2.24) is 15.0 Å². The van der Waals surface area contributed by atoms with Gasteiger partial charge in [0, 0.05) is 24.3 Å². The molecular formula is C26H25N7O3. The van der Waals surface area contributed by atoms with Crippen molar-refractivity contribution in [3.63, 3.8) is 0 Å². The molecule has 0 aliphatic carbocycles. The summed E-state index contributed by atoms with van der Waals surface area (Å²) < 4.78 is 5.79. The minimum atomic E-state index is -1.02. The lowest BCUT2D eigenvalue weighted by molar-refractivity contribution is 0.0697. The van der Waals surface area contributed by atoms with Gasteiger partial charge in [-0.15, -0.1) is 0 Å². The molecular weight excluding hydrogens is 458 g/mol. The Balaban J connectivity index is 1.35. The van der Waals surface area contributed by atoms with Crippen LogP contribution in [0.15, 0.2) is 76.2 Å². The topological polar surface area (TPSA) is 129 Å². The minimum absolute atomic E-state index is 0.169. The minimum Gasteiger partial charge on any atom is -0.478 e. The Morgan fingerprint density at radius 3 is 2.47 bits per heavy atom. The standard InChI is InChI=1S/C26H25N7O3/c34-23(35)21-12-6-5-11-20(21)22-14-13-19(36-22)17-27-32-25-29-24(28-18-9-3-1-4-10-18)30-26(31-25)33-15-7-2-8-16-33/h1,3-6,9-14,17H,2,7-8,15-16H2,(H,34,35)(H2,28,29,30,31,32)/b27-17-. The molecule has 0 amide bonds. The van der Waals surface area contributed by atoms with E-state index in [2.05, 4.69) is 35.7 Å². The average Bonchev–Trinajstić information content (AvgIpc) is 3.38. The van der Waals surface area contributed by atoms with Crippen LogP contribution in [-0.4, -0.2) is 45.3 Å². The highest BCUT2D eigenvalue weighted by Crippen LogP contribution is 2.26. The fourth-order valence-electron chi connectivity index (χ4n) is 3.96. The van der Waals surface area contributed by atoms with Crippen LogP contribution in [0.3, 0.4) is 0 Å². The van der Waals surface area contributed by atoms with Crippen LogP contribution in [0.5, 0.6) is 0 Å². The van der Waals surface area contributed by atoms with E-state index in [9.17, 15) is 9.90 Å². The van der Waals surface area contributed by atoms with Crippen molar-refractivity contribution in [2.75, 3.05) is 28.7 Å². The van der Waals surface area contributed by atoms with Crippen LogP contribution in [0.25, 0.3) is 11.3 Å². The molecule has 1 aliphatic rings. The summed E-state index contributed by atoms with van der Waals surface area (Å²) >= 11 is 0. The van der Waals surface area contributed by atoms with Crippen LogP contribution >= 0.6 is 0 Å². The van der Waals surface area contributed by atoms with Gasteiger partial charge in [-0.3, -0.25) is 0 Å². The van der Waals surface area contributed by atoms with Gasteiger partial charge < -0.3 is 19.7 Å². The highest BCUT2D eigenvalue weighted by atomic mass is 16.4. The van der Waals surface area contributed by atoms with Gasteiger partial charge in [0.05, 0.1) is 11.8 Å². The Kier molecular flexibility index (Phi) is 6.83. The van der Waals surface area contributed by atoms with Crippen LogP contribution in [0.2, 0.25) is 0 Å². The number of furan rings is 1. The van der Waals surface area contributed by atoms with E-state index in [0.717, 1.165) is 31.6 Å². The Bertz CT molecular complexity index is 1360. The number of benzene rings is 2. The van der Waals surface area contributed by atoms with E-state index in [-0.39, 0.29) is 5.56 Å². The van der Waals surface area contributed by atoms with Gasteiger partial charge >= 0.3 is 5.97 Å². The van der Waals surface area contributed by atoms with Crippen LogP contribution in [0, 0.1) is 0 Å². The summed E-state index contributed by atoms with van der Waals surface area (Å²) in [7, 11) is 0. The number of aromatic nitrogens is 3. The maximum atomic E-state index is 11.5. The van der Waals surface area contributed by atoms with Crippen LogP contribution < -0.4 is 15.6 Å². The summed E-state index contributed by atoms with van der Waals surface area (Å²) in [6.45, 7) is 1.79. The third kappa shape index (κ3) is 5.49. The molecule has 0 unspecified atom stereocenters. The number of hydrazone groups is 1. The van der Waals surface area contributed by atoms with E-state index in [1.165, 1.54) is 18.7 Å². The van der Waals surface area contributed by atoms with Gasteiger partial charge in [-0.1, -0.05) is 36.4 Å². The predicted octanol–water partition coefficient (Wildman–Crippen LogP) is 5.01. The average molecular weight is 484 g/mol. The second kappa shape index (κ2) is 10.7. The van der Waals surface area contributed by atoms with Gasteiger partial charge in [-0.25, -0.2) is 10.2 Å². The molecule has 0 atom stereocenters. The van der Waals surface area contributed by atoms with Crippen molar-refractivity contribution in [3.8, 4) is 11.3 Å². The molecule has 3 heterocycles. The molecule has 1 fully saturated rings. The number of rotatable bonds is 8. The van der Waals surface area contributed by atoms with E-state index < -0.39 is 5.97 Å². The molecule has 1 saturated heterocycles. The van der Waals surface area contributed by atoms with Gasteiger partial charge in [0.2, 0.25) is 17.8 Å². The first-order chi connectivity index (χ1) is 17.7. The first kappa shape index (κ1) is 23.0. The third-order valence-electron chi connectivity index (χ3n) is 5.70. The third-order valence-corrected chi connectivity index (χ3v) is 5.70. The Labute approximate surface area is 207 Å². The van der Waals surface area contributed by atoms with Crippen molar-refractivity contribution in [2.45, 2.75) is 19.3 Å². The number of carboxylic acid groups (broad SMARTS) is 1. The number of hydrogen-bond acceptors (Lipinski definition) is 9. The van der Waals surface area contributed by atoms with E-state index in [1.54, 1.807) is 30.3 Å². The second-order valence-corrected chi connectivity index (χ2v) is 8.24. The van der Waals surface area contributed by atoms with Gasteiger partial charge in [0.15, 0.2) is 0 Å². The summed E-state index contributed by atoms with van der Waals surface area (Å²) in [4.78, 5) is 27.3. The van der Waals surface area contributed by atoms with E-state index in [0.29, 0.717) is 34.9 Å². The van der Waals surface area contributed by atoms with Crippen molar-refractivity contribution >= 4 is 35.7 Å². The van der Waals surface area contributed by atoms with Crippen molar-refractivity contribution in [3.05, 3.63) is 78.1 Å². The fraction of sp³-hybridized carbons (Fsp3) is 0.192. The molecule has 0 saturated carbocycles. The normalized spacial score (nSPS) is 13.6. The van der Waals surface area contributed by atoms with E-state index in [1.807, 2.05) is 30.3 Å². The van der Waals surface area contributed by atoms with Crippen molar-refractivity contribution in [2.24, 2.45) is 5.10 Å². The van der Waals surface area contributed by atoms with Crippen LogP contribution in [-0.2, 0) is 0 Å².